The van der Waals surface area contributed by atoms with Crippen LogP contribution in [0, 0.1) is 26.6 Å². The van der Waals surface area contributed by atoms with E-state index < -0.39 is 12.2 Å². The molecule has 0 radical (unpaired) electrons. The molecule has 4 aromatic carbocycles. The number of aliphatic hydroxyl groups is 2. The number of hydrogen-bond acceptors (Lipinski definition) is 10. The van der Waals surface area contributed by atoms with Crippen molar-refractivity contribution in [1.29, 1.82) is 0 Å². The van der Waals surface area contributed by atoms with Crippen LogP contribution in [-0.2, 0) is 0 Å². The Bertz CT molecular complexity index is 2290. The molecule has 4 aromatic heterocycles. The molecule has 0 aliphatic heterocycles. The van der Waals surface area contributed by atoms with Gasteiger partial charge < -0.3 is 20.8 Å². The number of aryl methyl sites for hydroxylation is 3. The van der Waals surface area contributed by atoms with Gasteiger partial charge in [0.15, 0.2) is 23.3 Å². The SMILES string of the molecule is Cc1cc(Nc2nc([C@H](O)c3ccc(F)cc3)nc3ccccc23)n[nH]1.Cc1ccc([C@H](O)c2nc(Nc3cc(C)[nH]n3)c3ccccc3n2)cc1. The number of H-pyrrole nitrogens is 2. The molecular weight excluding hydrogens is 659 g/mol. The number of benzene rings is 4. The highest BCUT2D eigenvalue weighted by Gasteiger charge is 2.19. The van der Waals surface area contributed by atoms with Gasteiger partial charge in [0.05, 0.1) is 11.0 Å². The molecule has 0 bridgehead atoms. The summed E-state index contributed by atoms with van der Waals surface area (Å²) in [6.07, 6.45) is -1.97. The predicted octanol–water partition coefficient (Wildman–Crippen LogP) is 7.42. The van der Waals surface area contributed by atoms with E-state index in [9.17, 15) is 14.6 Å². The minimum atomic E-state index is -1.07. The van der Waals surface area contributed by atoms with Crippen molar-refractivity contribution in [2.45, 2.75) is 33.0 Å². The number of hydrogen-bond donors (Lipinski definition) is 6. The molecule has 260 valence electrons. The van der Waals surface area contributed by atoms with Gasteiger partial charge in [-0.15, -0.1) is 0 Å². The van der Waals surface area contributed by atoms with E-state index in [0.717, 1.165) is 38.8 Å². The van der Waals surface area contributed by atoms with Crippen molar-refractivity contribution >= 4 is 45.1 Å². The summed E-state index contributed by atoms with van der Waals surface area (Å²) < 4.78 is 13.1. The van der Waals surface area contributed by atoms with Gasteiger partial charge in [0.1, 0.15) is 29.7 Å². The maximum Gasteiger partial charge on any atom is 0.164 e. The van der Waals surface area contributed by atoms with Gasteiger partial charge in [0.2, 0.25) is 0 Å². The van der Waals surface area contributed by atoms with Crippen LogP contribution in [0.1, 0.15) is 51.9 Å². The van der Waals surface area contributed by atoms with E-state index in [1.54, 1.807) is 0 Å². The van der Waals surface area contributed by atoms with E-state index in [2.05, 4.69) is 51.0 Å². The first-order valence-corrected chi connectivity index (χ1v) is 16.5. The molecule has 6 N–H and O–H groups in total. The van der Waals surface area contributed by atoms with Crippen LogP contribution in [0.2, 0.25) is 0 Å². The fourth-order valence-electron chi connectivity index (χ4n) is 5.52. The Balaban J connectivity index is 0.000000162. The minimum Gasteiger partial charge on any atom is -0.380 e. The molecule has 0 unspecified atom stereocenters. The Hall–Kier alpha value is -6.57. The van der Waals surface area contributed by atoms with Crippen LogP contribution < -0.4 is 10.6 Å². The molecule has 8 rings (SSSR count). The Morgan fingerprint density at radius 3 is 1.40 bits per heavy atom. The summed E-state index contributed by atoms with van der Waals surface area (Å²) in [6, 6.07) is 32.3. The van der Waals surface area contributed by atoms with Crippen molar-refractivity contribution in [2.75, 3.05) is 10.6 Å². The highest BCUT2D eigenvalue weighted by atomic mass is 19.1. The highest BCUT2D eigenvalue weighted by Crippen LogP contribution is 2.29. The number of nitrogens with zero attached hydrogens (tertiary/aromatic N) is 6. The Kier molecular flexibility index (Phi) is 9.60. The van der Waals surface area contributed by atoms with Crippen LogP contribution in [0.5, 0.6) is 0 Å². The third-order valence-corrected chi connectivity index (χ3v) is 8.21. The number of aromatic amines is 2. The zero-order chi connectivity index (χ0) is 36.2. The predicted molar refractivity (Wildman–Crippen MR) is 198 cm³/mol. The molecule has 2 atom stereocenters. The summed E-state index contributed by atoms with van der Waals surface area (Å²) in [4.78, 5) is 18.1. The van der Waals surface area contributed by atoms with Gasteiger partial charge in [-0.2, -0.15) is 10.2 Å². The lowest BCUT2D eigenvalue weighted by molar-refractivity contribution is 0.210. The van der Waals surface area contributed by atoms with Gasteiger partial charge in [-0.1, -0.05) is 66.2 Å². The first-order chi connectivity index (χ1) is 25.2. The number of halogens is 1. The van der Waals surface area contributed by atoms with Crippen LogP contribution in [0.3, 0.4) is 0 Å². The van der Waals surface area contributed by atoms with E-state index in [4.69, 9.17) is 0 Å². The first kappa shape index (κ1) is 33.9. The van der Waals surface area contributed by atoms with Gasteiger partial charge >= 0.3 is 0 Å². The van der Waals surface area contributed by atoms with Crippen molar-refractivity contribution in [3.8, 4) is 0 Å². The van der Waals surface area contributed by atoms with Crippen molar-refractivity contribution in [2.24, 2.45) is 0 Å². The average Bonchev–Trinajstić information content (AvgIpc) is 3.77. The van der Waals surface area contributed by atoms with Crippen LogP contribution >= 0.6 is 0 Å². The van der Waals surface area contributed by atoms with Crippen molar-refractivity contribution in [3.63, 3.8) is 0 Å². The Morgan fingerprint density at radius 2 is 0.981 bits per heavy atom. The summed E-state index contributed by atoms with van der Waals surface area (Å²) >= 11 is 0. The summed E-state index contributed by atoms with van der Waals surface area (Å²) in [7, 11) is 0. The quantitative estimate of drug-likeness (QED) is 0.0940. The smallest absolute Gasteiger partial charge is 0.164 e. The topological polar surface area (TPSA) is 173 Å². The van der Waals surface area contributed by atoms with Crippen molar-refractivity contribution in [3.05, 3.63) is 155 Å². The van der Waals surface area contributed by atoms with Crippen LogP contribution in [0.4, 0.5) is 27.7 Å². The van der Waals surface area contributed by atoms with E-state index in [0.29, 0.717) is 40.2 Å². The summed E-state index contributed by atoms with van der Waals surface area (Å²) in [5, 5.41) is 43.6. The summed E-state index contributed by atoms with van der Waals surface area (Å²) in [5.41, 5.74) is 5.72. The molecule has 0 saturated carbocycles. The molecule has 0 aliphatic carbocycles. The average molecular weight is 695 g/mol. The normalized spacial score (nSPS) is 12.3. The molecule has 0 saturated heterocycles. The molecule has 52 heavy (non-hydrogen) atoms. The van der Waals surface area contributed by atoms with E-state index >= 15 is 0 Å². The lowest BCUT2D eigenvalue weighted by Crippen LogP contribution is -2.08. The van der Waals surface area contributed by atoms with Crippen LogP contribution in [0.15, 0.2) is 109 Å². The maximum atomic E-state index is 13.1. The lowest BCUT2D eigenvalue weighted by Gasteiger charge is -2.14. The number of aromatic nitrogens is 8. The third kappa shape index (κ3) is 7.60. The zero-order valence-corrected chi connectivity index (χ0v) is 28.5. The molecule has 13 heteroatoms. The molecular formula is C39H35FN10O2. The highest BCUT2D eigenvalue weighted by molar-refractivity contribution is 5.91. The number of aliphatic hydroxyl groups excluding tert-OH is 2. The third-order valence-electron chi connectivity index (χ3n) is 8.21. The second-order valence-electron chi connectivity index (χ2n) is 12.3. The molecule has 4 heterocycles. The number of para-hydroxylation sites is 2. The summed E-state index contributed by atoms with van der Waals surface area (Å²) in [6.45, 7) is 5.85. The monoisotopic (exact) mass is 694 g/mol. The van der Waals surface area contributed by atoms with Gasteiger partial charge in [0.25, 0.3) is 0 Å². The Labute approximate surface area is 297 Å². The van der Waals surface area contributed by atoms with E-state index in [-0.39, 0.29) is 11.6 Å². The minimum absolute atomic E-state index is 0.227. The van der Waals surface area contributed by atoms with E-state index in [1.165, 1.54) is 24.3 Å². The molecule has 0 amide bonds. The van der Waals surface area contributed by atoms with Gasteiger partial charge in [-0.3, -0.25) is 10.2 Å². The van der Waals surface area contributed by atoms with Gasteiger partial charge in [-0.05, 0) is 68.3 Å². The summed E-state index contributed by atoms with van der Waals surface area (Å²) in [5.74, 6) is 2.65. The van der Waals surface area contributed by atoms with Crippen LogP contribution in [-0.4, -0.2) is 50.5 Å². The van der Waals surface area contributed by atoms with E-state index in [1.807, 2.05) is 106 Å². The van der Waals surface area contributed by atoms with Crippen molar-refractivity contribution < 1.29 is 14.6 Å². The first-order valence-electron chi connectivity index (χ1n) is 16.5. The number of fused-ring (bicyclic) bond motifs is 2. The largest absolute Gasteiger partial charge is 0.380 e. The fraction of sp³-hybridized carbons (Fsp3) is 0.128. The molecule has 0 aliphatic rings. The Morgan fingerprint density at radius 1 is 0.558 bits per heavy atom. The molecule has 0 fully saturated rings. The lowest BCUT2D eigenvalue weighted by atomic mass is 10.1. The van der Waals surface area contributed by atoms with Gasteiger partial charge in [0, 0.05) is 34.3 Å². The fourth-order valence-corrected chi connectivity index (χ4v) is 5.52. The molecule has 8 aromatic rings. The molecule has 0 spiro atoms. The van der Waals surface area contributed by atoms with Crippen LogP contribution in [0.25, 0.3) is 21.8 Å². The molecule has 12 nitrogen and oxygen atoms in total. The van der Waals surface area contributed by atoms with Crippen molar-refractivity contribution in [1.82, 2.24) is 40.3 Å². The van der Waals surface area contributed by atoms with Gasteiger partial charge in [-0.25, -0.2) is 24.3 Å². The zero-order valence-electron chi connectivity index (χ0n) is 28.5. The number of rotatable bonds is 8. The maximum absolute atomic E-state index is 13.1. The number of anilines is 4. The number of nitrogens with one attached hydrogen (secondary N) is 4. The second kappa shape index (κ2) is 14.7. The second-order valence-corrected chi connectivity index (χ2v) is 12.3. The standard InChI is InChI=1S/C20H19N5O.C19H16FN5O/c1-12-7-9-14(10-8-12)18(26)20-21-16-6-4-3-5-15(16)19(23-20)22-17-11-13(2)24-25-17;1-11-10-16(25-24-11)22-18-14-4-2-3-5-15(14)21-19(23-18)17(26)12-6-8-13(20)9-7-12/h3-11,18,26H,1-2H3,(H2,21,22,23,24,25);2-10,17,26H,1H3,(H2,21,22,23,24,25)/t18-;17-/m01/s1.